The van der Waals surface area contributed by atoms with Gasteiger partial charge in [0.05, 0.1) is 14.4 Å². The second-order valence-corrected chi connectivity index (χ2v) is 6.67. The van der Waals surface area contributed by atoms with Crippen molar-refractivity contribution in [1.29, 1.82) is 0 Å². The van der Waals surface area contributed by atoms with Crippen molar-refractivity contribution in [2.24, 2.45) is 0 Å². The van der Waals surface area contributed by atoms with Crippen LogP contribution in [-0.4, -0.2) is 10.2 Å². The second-order valence-electron chi connectivity index (χ2n) is 3.44. The van der Waals surface area contributed by atoms with Crippen LogP contribution in [0.15, 0.2) is 14.3 Å². The lowest BCUT2D eigenvalue weighted by molar-refractivity contribution is 0.927. The molecule has 0 aliphatic carbocycles. The van der Waals surface area contributed by atoms with Gasteiger partial charge in [0.2, 0.25) is 0 Å². The van der Waals surface area contributed by atoms with E-state index in [4.69, 9.17) is 5.73 Å². The van der Waals surface area contributed by atoms with Gasteiger partial charge in [-0.25, -0.2) is 0 Å². The third-order valence-electron chi connectivity index (χ3n) is 2.29. The summed E-state index contributed by atoms with van der Waals surface area (Å²) >= 11 is 8.64. The molecule has 0 radical (unpaired) electrons. The molecule has 0 atom stereocenters. The van der Waals surface area contributed by atoms with Crippen LogP contribution in [0.4, 0.5) is 5.82 Å². The van der Waals surface area contributed by atoms with Crippen LogP contribution in [0.5, 0.6) is 0 Å². The Hall–Kier alpha value is -0.330. The van der Waals surface area contributed by atoms with Crippen molar-refractivity contribution in [3.63, 3.8) is 0 Å². The molecule has 0 fully saturated rings. The van der Waals surface area contributed by atoms with Crippen LogP contribution < -0.4 is 5.73 Å². The summed E-state index contributed by atoms with van der Waals surface area (Å²) in [5.41, 5.74) is 8.00. The number of hydrogen-bond donors (Lipinski definition) is 2. The number of nitrogen functional groups attached to an aromatic ring is 1. The van der Waals surface area contributed by atoms with Gasteiger partial charge >= 0.3 is 0 Å². The number of nitrogens with two attached hydrogens (primary N) is 1. The fourth-order valence-corrected chi connectivity index (χ4v) is 3.61. The predicted molar refractivity (Wildman–Crippen MR) is 75.7 cm³/mol. The largest absolute Gasteiger partial charge is 0.382 e. The molecular weight excluding hydrogens is 354 g/mol. The topological polar surface area (TPSA) is 54.7 Å². The number of nitrogens with zero attached hydrogens (tertiary/aromatic N) is 1. The van der Waals surface area contributed by atoms with Crippen molar-refractivity contribution >= 4 is 49.0 Å². The highest BCUT2D eigenvalue weighted by Gasteiger charge is 2.15. The number of anilines is 1. The molecule has 0 bridgehead atoms. The zero-order valence-corrected chi connectivity index (χ0v) is 12.7. The molecule has 2 aromatic rings. The Kier molecular flexibility index (Phi) is 3.71. The van der Waals surface area contributed by atoms with Crippen LogP contribution in [0, 0.1) is 0 Å². The van der Waals surface area contributed by atoms with Crippen molar-refractivity contribution in [2.45, 2.75) is 19.8 Å². The van der Waals surface area contributed by atoms with Gasteiger partial charge in [-0.1, -0.05) is 13.3 Å². The second kappa shape index (κ2) is 4.89. The molecule has 3 nitrogen and oxygen atoms in total. The molecule has 0 unspecified atom stereocenters. The Labute approximate surface area is 115 Å². The molecule has 16 heavy (non-hydrogen) atoms. The van der Waals surface area contributed by atoms with Crippen LogP contribution in [0.2, 0.25) is 0 Å². The van der Waals surface area contributed by atoms with Gasteiger partial charge in [-0.15, -0.1) is 11.3 Å². The maximum atomic E-state index is 5.85. The standard InChI is InChI=1S/C10H11Br2N3S/c1-2-3-5-8(14-15-10(5)13)7-4-6(11)9(12)16-7/h4H,2-3H2,1H3,(H3,13,14,15). The molecule has 86 valence electrons. The van der Waals surface area contributed by atoms with Crippen LogP contribution >= 0.6 is 43.2 Å². The molecule has 2 aromatic heterocycles. The molecule has 0 saturated carbocycles. The number of thiophene rings is 1. The Balaban J connectivity index is 2.47. The fourth-order valence-electron chi connectivity index (χ4n) is 1.56. The summed E-state index contributed by atoms with van der Waals surface area (Å²) in [7, 11) is 0. The molecule has 6 heteroatoms. The van der Waals surface area contributed by atoms with E-state index in [-0.39, 0.29) is 0 Å². The molecule has 0 aliphatic heterocycles. The summed E-state index contributed by atoms with van der Waals surface area (Å²) in [5.74, 6) is 0.609. The van der Waals surface area contributed by atoms with Crippen molar-refractivity contribution in [2.75, 3.05) is 5.73 Å². The summed E-state index contributed by atoms with van der Waals surface area (Å²) in [6.45, 7) is 2.14. The number of H-pyrrole nitrogens is 1. The molecule has 2 heterocycles. The zero-order chi connectivity index (χ0) is 11.7. The highest BCUT2D eigenvalue weighted by molar-refractivity contribution is 9.13. The monoisotopic (exact) mass is 363 g/mol. The lowest BCUT2D eigenvalue weighted by Gasteiger charge is -1.99. The first-order chi connectivity index (χ1) is 7.63. The van der Waals surface area contributed by atoms with Crippen molar-refractivity contribution < 1.29 is 0 Å². The van der Waals surface area contributed by atoms with Gasteiger partial charge in [0.1, 0.15) is 5.82 Å². The highest BCUT2D eigenvalue weighted by atomic mass is 79.9. The lowest BCUT2D eigenvalue weighted by Crippen LogP contribution is -1.91. The third-order valence-corrected chi connectivity index (χ3v) is 5.56. The SMILES string of the molecule is CCCc1c(N)n[nH]c1-c1cc(Br)c(Br)s1. The predicted octanol–water partition coefficient (Wildman–Crippen LogP) is 4.20. The van der Waals surface area contributed by atoms with Crippen LogP contribution in [0.1, 0.15) is 18.9 Å². The van der Waals surface area contributed by atoms with Gasteiger partial charge in [-0.2, -0.15) is 5.10 Å². The Morgan fingerprint density at radius 2 is 2.25 bits per heavy atom. The van der Waals surface area contributed by atoms with Gasteiger partial charge < -0.3 is 5.73 Å². The van der Waals surface area contributed by atoms with Crippen LogP contribution in [0.3, 0.4) is 0 Å². The van der Waals surface area contributed by atoms with E-state index >= 15 is 0 Å². The van der Waals surface area contributed by atoms with Crippen LogP contribution in [-0.2, 0) is 6.42 Å². The number of halogens is 2. The fraction of sp³-hybridized carbons (Fsp3) is 0.300. The molecule has 0 aromatic carbocycles. The van der Waals surface area contributed by atoms with Gasteiger partial charge in [0.25, 0.3) is 0 Å². The number of nitrogens with one attached hydrogen (secondary N) is 1. The maximum absolute atomic E-state index is 5.85. The molecule has 0 saturated heterocycles. The molecule has 0 spiro atoms. The number of aromatic amines is 1. The summed E-state index contributed by atoms with van der Waals surface area (Å²) in [4.78, 5) is 1.14. The van der Waals surface area contributed by atoms with E-state index in [2.05, 4.69) is 55.0 Å². The molecule has 0 aliphatic rings. The highest BCUT2D eigenvalue weighted by Crippen LogP contribution is 2.39. The van der Waals surface area contributed by atoms with E-state index in [0.29, 0.717) is 5.82 Å². The van der Waals surface area contributed by atoms with Crippen molar-refractivity contribution in [3.05, 3.63) is 19.9 Å². The van der Waals surface area contributed by atoms with Crippen molar-refractivity contribution in [1.82, 2.24) is 10.2 Å². The summed E-state index contributed by atoms with van der Waals surface area (Å²) in [6.07, 6.45) is 2.01. The Morgan fingerprint density at radius 1 is 1.50 bits per heavy atom. The zero-order valence-electron chi connectivity index (χ0n) is 8.68. The third kappa shape index (κ3) is 2.19. The quantitative estimate of drug-likeness (QED) is 0.857. The first-order valence-corrected chi connectivity index (χ1v) is 7.31. The van der Waals surface area contributed by atoms with Gasteiger partial charge in [0, 0.05) is 10.0 Å². The van der Waals surface area contributed by atoms with E-state index < -0.39 is 0 Å². The number of aromatic nitrogens is 2. The first kappa shape index (κ1) is 12.1. The smallest absolute Gasteiger partial charge is 0.149 e. The minimum atomic E-state index is 0.609. The Bertz CT molecular complexity index is 485. The summed E-state index contributed by atoms with van der Waals surface area (Å²) < 4.78 is 2.14. The lowest BCUT2D eigenvalue weighted by atomic mass is 10.1. The average Bonchev–Trinajstić information content (AvgIpc) is 2.74. The van der Waals surface area contributed by atoms with E-state index in [1.807, 2.05) is 0 Å². The minimum Gasteiger partial charge on any atom is -0.382 e. The van der Waals surface area contributed by atoms with Gasteiger partial charge in [0.15, 0.2) is 0 Å². The average molecular weight is 365 g/mol. The first-order valence-electron chi connectivity index (χ1n) is 4.91. The van der Waals surface area contributed by atoms with E-state index in [1.165, 1.54) is 0 Å². The molecule has 0 amide bonds. The molecule has 3 N–H and O–H groups in total. The van der Waals surface area contributed by atoms with Crippen LogP contribution in [0.25, 0.3) is 10.6 Å². The van der Waals surface area contributed by atoms with Crippen molar-refractivity contribution in [3.8, 4) is 10.6 Å². The number of rotatable bonds is 3. The summed E-state index contributed by atoms with van der Waals surface area (Å²) in [6, 6.07) is 2.07. The van der Waals surface area contributed by atoms with E-state index in [1.54, 1.807) is 11.3 Å². The maximum Gasteiger partial charge on any atom is 0.149 e. The molecular formula is C10H11Br2N3S. The Morgan fingerprint density at radius 3 is 2.81 bits per heavy atom. The van der Waals surface area contributed by atoms with E-state index in [9.17, 15) is 0 Å². The van der Waals surface area contributed by atoms with E-state index in [0.717, 1.165) is 37.2 Å². The number of hydrogen-bond acceptors (Lipinski definition) is 3. The van der Waals surface area contributed by atoms with Gasteiger partial charge in [-0.3, -0.25) is 5.10 Å². The summed E-state index contributed by atoms with van der Waals surface area (Å²) in [5, 5.41) is 7.09. The molecule has 2 rings (SSSR count). The normalized spacial score (nSPS) is 10.9. The van der Waals surface area contributed by atoms with Gasteiger partial charge in [-0.05, 0) is 44.3 Å². The minimum absolute atomic E-state index is 0.609.